The number of hydrogen-bond donors (Lipinski definition) is 1. The fraction of sp³-hybridized carbons (Fsp3) is 0.600. The molecular weight excluding hydrogens is 310 g/mol. The van der Waals surface area contributed by atoms with Crippen molar-refractivity contribution in [1.82, 2.24) is 5.32 Å². The monoisotopic (exact) mass is 331 g/mol. The van der Waals surface area contributed by atoms with Crippen LogP contribution in [-0.4, -0.2) is 12.6 Å². The van der Waals surface area contributed by atoms with Crippen molar-refractivity contribution in [3.05, 3.63) is 33.3 Å². The highest BCUT2D eigenvalue weighted by Gasteiger charge is 2.17. The number of likely N-dealkylation sites (N-methyl/N-ethyl adjacent to an activating group) is 1. The molecule has 0 heterocycles. The summed E-state index contributed by atoms with van der Waals surface area (Å²) < 4.78 is 1.04. The van der Waals surface area contributed by atoms with Crippen LogP contribution < -0.4 is 5.32 Å². The van der Waals surface area contributed by atoms with E-state index in [1.807, 2.05) is 6.07 Å². The number of rotatable bonds is 7. The van der Waals surface area contributed by atoms with Crippen molar-refractivity contribution in [2.45, 2.75) is 46.1 Å². The van der Waals surface area contributed by atoms with E-state index in [2.05, 4.69) is 54.2 Å². The molecule has 0 aliphatic heterocycles. The van der Waals surface area contributed by atoms with Gasteiger partial charge in [0.1, 0.15) is 0 Å². The summed E-state index contributed by atoms with van der Waals surface area (Å²) in [5.41, 5.74) is 1.23. The molecule has 0 fully saturated rings. The Morgan fingerprint density at radius 1 is 1.33 bits per heavy atom. The van der Waals surface area contributed by atoms with E-state index in [0.717, 1.165) is 22.5 Å². The predicted octanol–water partition coefficient (Wildman–Crippen LogP) is 5.06. The molecule has 1 aromatic carbocycles. The van der Waals surface area contributed by atoms with Gasteiger partial charge in [-0.15, -0.1) is 0 Å². The van der Waals surface area contributed by atoms with E-state index >= 15 is 0 Å². The maximum atomic E-state index is 6.30. The highest BCUT2D eigenvalue weighted by molar-refractivity contribution is 9.10. The van der Waals surface area contributed by atoms with Crippen LogP contribution in [0.2, 0.25) is 5.02 Å². The summed E-state index contributed by atoms with van der Waals surface area (Å²) in [6, 6.07) is 6.67. The summed E-state index contributed by atoms with van der Waals surface area (Å²) >= 11 is 9.74. The van der Waals surface area contributed by atoms with Crippen LogP contribution in [0, 0.1) is 5.92 Å². The Balaban J connectivity index is 2.75. The van der Waals surface area contributed by atoms with Crippen LogP contribution in [0.15, 0.2) is 22.7 Å². The average molecular weight is 333 g/mol. The molecule has 0 saturated carbocycles. The van der Waals surface area contributed by atoms with Gasteiger partial charge in [0.25, 0.3) is 0 Å². The van der Waals surface area contributed by atoms with Gasteiger partial charge in [-0.25, -0.2) is 0 Å². The van der Waals surface area contributed by atoms with Gasteiger partial charge >= 0.3 is 0 Å². The van der Waals surface area contributed by atoms with Crippen LogP contribution in [0.5, 0.6) is 0 Å². The lowest BCUT2D eigenvalue weighted by atomic mass is 9.91. The lowest BCUT2D eigenvalue weighted by Gasteiger charge is -2.25. The molecule has 1 aromatic rings. The second-order valence-electron chi connectivity index (χ2n) is 4.87. The molecule has 0 aliphatic carbocycles. The highest BCUT2D eigenvalue weighted by atomic mass is 79.9. The van der Waals surface area contributed by atoms with Crippen LogP contribution >= 0.6 is 27.5 Å². The Morgan fingerprint density at radius 2 is 2.06 bits per heavy atom. The second-order valence-corrected chi connectivity index (χ2v) is 6.19. The van der Waals surface area contributed by atoms with Crippen LogP contribution in [0.1, 0.15) is 39.2 Å². The zero-order valence-electron chi connectivity index (χ0n) is 11.5. The lowest BCUT2D eigenvalue weighted by Crippen LogP contribution is -2.36. The first kappa shape index (κ1) is 16.0. The molecule has 3 heteroatoms. The van der Waals surface area contributed by atoms with Gasteiger partial charge in [-0.1, -0.05) is 60.8 Å². The van der Waals surface area contributed by atoms with Gasteiger partial charge in [-0.3, -0.25) is 0 Å². The lowest BCUT2D eigenvalue weighted by molar-refractivity contribution is 0.358. The fourth-order valence-electron chi connectivity index (χ4n) is 2.32. The zero-order valence-corrected chi connectivity index (χ0v) is 13.8. The number of halogens is 2. The molecule has 0 bridgehead atoms. The third-order valence-corrected chi connectivity index (χ3v) is 4.20. The van der Waals surface area contributed by atoms with Gasteiger partial charge in [-0.05, 0) is 43.0 Å². The predicted molar refractivity (Wildman–Crippen MR) is 84.4 cm³/mol. The maximum absolute atomic E-state index is 6.30. The molecule has 1 N–H and O–H groups in total. The van der Waals surface area contributed by atoms with Gasteiger partial charge in [0.05, 0.1) is 0 Å². The molecule has 18 heavy (non-hydrogen) atoms. The van der Waals surface area contributed by atoms with Crippen molar-refractivity contribution in [2.24, 2.45) is 5.92 Å². The number of nitrogens with one attached hydrogen (secondary N) is 1. The van der Waals surface area contributed by atoms with E-state index < -0.39 is 0 Å². The van der Waals surface area contributed by atoms with Crippen LogP contribution in [0.3, 0.4) is 0 Å². The molecular formula is C15H23BrClN. The van der Waals surface area contributed by atoms with Gasteiger partial charge < -0.3 is 5.32 Å². The third-order valence-electron chi connectivity index (χ3n) is 3.35. The minimum absolute atomic E-state index is 0.508. The van der Waals surface area contributed by atoms with E-state index in [0.29, 0.717) is 12.0 Å². The Bertz CT molecular complexity index is 368. The van der Waals surface area contributed by atoms with Gasteiger partial charge in [-0.2, -0.15) is 0 Å². The summed E-state index contributed by atoms with van der Waals surface area (Å²) in [6.45, 7) is 7.73. The zero-order chi connectivity index (χ0) is 13.5. The van der Waals surface area contributed by atoms with E-state index in [1.165, 1.54) is 18.4 Å². The molecule has 0 aliphatic rings. The first-order chi connectivity index (χ1) is 8.58. The number of benzene rings is 1. The highest BCUT2D eigenvalue weighted by Crippen LogP contribution is 2.24. The quantitative estimate of drug-likeness (QED) is 0.736. The minimum atomic E-state index is 0.508. The summed E-state index contributed by atoms with van der Waals surface area (Å²) in [5.74, 6) is 0.676. The summed E-state index contributed by atoms with van der Waals surface area (Å²) in [6.07, 6.45) is 3.49. The van der Waals surface area contributed by atoms with Crippen LogP contribution in [-0.2, 0) is 6.42 Å². The van der Waals surface area contributed by atoms with Gasteiger partial charge in [0.15, 0.2) is 0 Å². The SMILES string of the molecule is CCCC(C)C(Cc1ccc(Br)cc1Cl)NCC. The Morgan fingerprint density at radius 3 is 2.61 bits per heavy atom. The Kier molecular flexibility index (Phi) is 7.28. The van der Waals surface area contributed by atoms with E-state index in [1.54, 1.807) is 0 Å². The molecule has 2 unspecified atom stereocenters. The third kappa shape index (κ3) is 4.91. The summed E-state index contributed by atoms with van der Waals surface area (Å²) in [7, 11) is 0. The smallest absolute Gasteiger partial charge is 0.0449 e. The fourth-order valence-corrected chi connectivity index (χ4v) is 3.07. The van der Waals surface area contributed by atoms with Crippen LogP contribution in [0.25, 0.3) is 0 Å². The molecule has 0 radical (unpaired) electrons. The van der Waals surface area contributed by atoms with Crippen molar-refractivity contribution in [2.75, 3.05) is 6.54 Å². The topological polar surface area (TPSA) is 12.0 Å². The largest absolute Gasteiger partial charge is 0.314 e. The van der Waals surface area contributed by atoms with E-state index in [9.17, 15) is 0 Å². The molecule has 2 atom stereocenters. The van der Waals surface area contributed by atoms with Crippen molar-refractivity contribution < 1.29 is 0 Å². The first-order valence-electron chi connectivity index (χ1n) is 6.75. The summed E-state index contributed by atoms with van der Waals surface area (Å²) in [4.78, 5) is 0. The van der Waals surface area contributed by atoms with Crippen LogP contribution in [0.4, 0.5) is 0 Å². The Hall–Kier alpha value is -0.0500. The summed E-state index contributed by atoms with van der Waals surface area (Å²) in [5, 5.41) is 4.44. The molecule has 0 amide bonds. The number of hydrogen-bond acceptors (Lipinski definition) is 1. The van der Waals surface area contributed by atoms with Gasteiger partial charge in [0, 0.05) is 15.5 Å². The first-order valence-corrected chi connectivity index (χ1v) is 7.92. The standard InChI is InChI=1S/C15H23BrClN/c1-4-6-11(3)15(18-5-2)9-12-7-8-13(16)10-14(12)17/h7-8,10-11,15,18H,4-6,9H2,1-3H3. The molecule has 0 saturated heterocycles. The van der Waals surface area contributed by atoms with E-state index in [4.69, 9.17) is 11.6 Å². The Labute approximate surface area is 124 Å². The van der Waals surface area contributed by atoms with E-state index in [-0.39, 0.29) is 0 Å². The second kappa shape index (κ2) is 8.19. The van der Waals surface area contributed by atoms with Crippen molar-refractivity contribution in [3.63, 3.8) is 0 Å². The molecule has 0 spiro atoms. The van der Waals surface area contributed by atoms with Gasteiger partial charge in [0.2, 0.25) is 0 Å². The molecule has 102 valence electrons. The maximum Gasteiger partial charge on any atom is 0.0449 e. The normalized spacial score (nSPS) is 14.5. The van der Waals surface area contributed by atoms with Crippen molar-refractivity contribution >= 4 is 27.5 Å². The molecule has 1 nitrogen and oxygen atoms in total. The van der Waals surface area contributed by atoms with Crippen molar-refractivity contribution in [3.8, 4) is 0 Å². The van der Waals surface area contributed by atoms with Crippen molar-refractivity contribution in [1.29, 1.82) is 0 Å². The minimum Gasteiger partial charge on any atom is -0.314 e. The molecule has 0 aromatic heterocycles. The average Bonchev–Trinajstić information content (AvgIpc) is 2.32. The molecule has 1 rings (SSSR count).